The highest BCUT2D eigenvalue weighted by atomic mass is 16.7. The van der Waals surface area contributed by atoms with Gasteiger partial charge in [-0.25, -0.2) is 0 Å². The number of ether oxygens (including phenoxy) is 2. The zero-order valence-corrected chi connectivity index (χ0v) is 16.9. The Morgan fingerprint density at radius 2 is 1.87 bits per heavy atom. The molecule has 2 N–H and O–H groups in total. The van der Waals surface area contributed by atoms with Gasteiger partial charge in [-0.15, -0.1) is 0 Å². The first-order chi connectivity index (χ1) is 14.5. The fourth-order valence-electron chi connectivity index (χ4n) is 4.96. The van der Waals surface area contributed by atoms with Crippen LogP contribution >= 0.6 is 0 Å². The van der Waals surface area contributed by atoms with Gasteiger partial charge in [-0.05, 0) is 50.8 Å². The Morgan fingerprint density at radius 3 is 2.63 bits per heavy atom. The molecule has 1 aliphatic carbocycles. The third-order valence-electron chi connectivity index (χ3n) is 6.53. The number of anilines is 1. The Balaban J connectivity index is 1.28. The van der Waals surface area contributed by atoms with Gasteiger partial charge in [0.1, 0.15) is 6.04 Å². The molecular weight excluding hydrogens is 386 g/mol. The van der Waals surface area contributed by atoms with Gasteiger partial charge in [-0.2, -0.15) is 0 Å². The molecule has 5 rings (SSSR count). The summed E-state index contributed by atoms with van der Waals surface area (Å²) in [6.45, 7) is 0.758. The normalized spacial score (nSPS) is 26.9. The lowest BCUT2D eigenvalue weighted by molar-refractivity contribution is -0.147. The maximum Gasteiger partial charge on any atom is 0.251 e. The van der Waals surface area contributed by atoms with Crippen LogP contribution in [0.25, 0.3) is 0 Å². The largest absolute Gasteiger partial charge is 0.448 e. The first kappa shape index (κ1) is 19.4. The van der Waals surface area contributed by atoms with E-state index in [1.54, 1.807) is 18.2 Å². The lowest BCUT2D eigenvalue weighted by Gasteiger charge is -2.31. The second-order valence-corrected chi connectivity index (χ2v) is 8.63. The molecule has 1 aromatic carbocycles. The van der Waals surface area contributed by atoms with Crippen molar-refractivity contribution < 1.29 is 23.9 Å². The molecule has 0 bridgehead atoms. The summed E-state index contributed by atoms with van der Waals surface area (Å²) in [4.78, 5) is 39.2. The van der Waals surface area contributed by atoms with Crippen LogP contribution in [0.5, 0.6) is 11.5 Å². The molecule has 8 nitrogen and oxygen atoms in total. The number of amides is 3. The van der Waals surface area contributed by atoms with Crippen molar-refractivity contribution in [1.29, 1.82) is 0 Å². The van der Waals surface area contributed by atoms with Crippen LogP contribution in [0.1, 0.15) is 57.8 Å². The standard InChI is InChI=1S/C22H27N3O5/c26-19-9-7-16(25(19)21(28)15-5-4-12-23-15)20(27)24-14-6-8-17-18(13-14)30-22(29-17)10-2-1-3-11-22/h6,8,13,15-16,23H,1-5,7,9-12H2,(H,24,27)/t15-,16+/m1/s1. The molecule has 3 fully saturated rings. The highest BCUT2D eigenvalue weighted by molar-refractivity contribution is 6.07. The van der Waals surface area contributed by atoms with E-state index >= 15 is 0 Å². The number of hydrogen-bond donors (Lipinski definition) is 2. The molecule has 0 radical (unpaired) electrons. The molecule has 3 aliphatic heterocycles. The molecule has 160 valence electrons. The van der Waals surface area contributed by atoms with E-state index in [1.807, 2.05) is 0 Å². The molecule has 3 amide bonds. The molecule has 3 heterocycles. The van der Waals surface area contributed by atoms with Gasteiger partial charge in [-0.3, -0.25) is 19.3 Å². The average Bonchev–Trinajstić information content (AvgIpc) is 3.46. The summed E-state index contributed by atoms with van der Waals surface area (Å²) in [5, 5.41) is 5.97. The molecule has 2 saturated heterocycles. The molecule has 1 aromatic rings. The van der Waals surface area contributed by atoms with Gasteiger partial charge in [0.2, 0.25) is 17.7 Å². The molecule has 0 unspecified atom stereocenters. The van der Waals surface area contributed by atoms with E-state index in [0.717, 1.165) is 43.5 Å². The van der Waals surface area contributed by atoms with Crippen molar-refractivity contribution in [2.75, 3.05) is 11.9 Å². The van der Waals surface area contributed by atoms with Crippen molar-refractivity contribution in [3.63, 3.8) is 0 Å². The number of rotatable bonds is 3. The van der Waals surface area contributed by atoms with Gasteiger partial charge in [0.25, 0.3) is 5.79 Å². The fourth-order valence-corrected chi connectivity index (χ4v) is 4.96. The van der Waals surface area contributed by atoms with Gasteiger partial charge >= 0.3 is 0 Å². The van der Waals surface area contributed by atoms with Crippen molar-refractivity contribution in [3.05, 3.63) is 18.2 Å². The summed E-state index contributed by atoms with van der Waals surface area (Å²) in [6.07, 6.45) is 7.21. The van der Waals surface area contributed by atoms with Gasteiger partial charge < -0.3 is 20.1 Å². The van der Waals surface area contributed by atoms with E-state index in [2.05, 4.69) is 10.6 Å². The average molecular weight is 413 g/mol. The Labute approximate surface area is 175 Å². The minimum Gasteiger partial charge on any atom is -0.448 e. The summed E-state index contributed by atoms with van der Waals surface area (Å²) in [5.41, 5.74) is 0.570. The van der Waals surface area contributed by atoms with Crippen LogP contribution in [0, 0.1) is 0 Å². The van der Waals surface area contributed by atoms with E-state index < -0.39 is 11.8 Å². The third-order valence-corrected chi connectivity index (χ3v) is 6.53. The molecule has 8 heteroatoms. The Morgan fingerprint density at radius 1 is 1.07 bits per heavy atom. The van der Waals surface area contributed by atoms with Crippen LogP contribution < -0.4 is 20.1 Å². The third kappa shape index (κ3) is 3.43. The smallest absolute Gasteiger partial charge is 0.251 e. The summed E-state index contributed by atoms with van der Waals surface area (Å²) < 4.78 is 12.2. The van der Waals surface area contributed by atoms with Crippen LogP contribution in [0.4, 0.5) is 5.69 Å². The predicted octanol–water partition coefficient (Wildman–Crippen LogP) is 2.33. The topological polar surface area (TPSA) is 97.0 Å². The molecule has 1 saturated carbocycles. The minimum atomic E-state index is -0.775. The van der Waals surface area contributed by atoms with E-state index in [0.29, 0.717) is 30.0 Å². The Bertz CT molecular complexity index is 874. The van der Waals surface area contributed by atoms with Crippen molar-refractivity contribution in [2.45, 2.75) is 75.7 Å². The molecular formula is C22H27N3O5. The molecule has 1 spiro atoms. The van der Waals surface area contributed by atoms with Crippen molar-refractivity contribution in [2.24, 2.45) is 0 Å². The van der Waals surface area contributed by atoms with Crippen molar-refractivity contribution in [3.8, 4) is 11.5 Å². The van der Waals surface area contributed by atoms with Crippen molar-refractivity contribution >= 4 is 23.4 Å². The number of fused-ring (bicyclic) bond motifs is 1. The second kappa shape index (κ2) is 7.58. The summed E-state index contributed by atoms with van der Waals surface area (Å²) in [5.74, 6) is -0.175. The van der Waals surface area contributed by atoms with Crippen LogP contribution in [0.15, 0.2) is 18.2 Å². The SMILES string of the molecule is O=C(Nc1ccc2c(c1)OC1(CCCCC1)O2)[C@@H]1CCC(=O)N1C(=O)[C@H]1CCCN1. The number of hydrogen-bond acceptors (Lipinski definition) is 6. The van der Waals surface area contributed by atoms with Crippen molar-refractivity contribution in [1.82, 2.24) is 10.2 Å². The van der Waals surface area contributed by atoms with Gasteiger partial charge in [-0.1, -0.05) is 6.42 Å². The number of nitrogens with one attached hydrogen (secondary N) is 2. The monoisotopic (exact) mass is 413 g/mol. The minimum absolute atomic E-state index is 0.209. The lowest BCUT2D eigenvalue weighted by Crippen LogP contribution is -2.51. The first-order valence-electron chi connectivity index (χ1n) is 11.0. The number of imide groups is 1. The number of nitrogens with zero attached hydrogens (tertiary/aromatic N) is 1. The van der Waals surface area contributed by atoms with E-state index in [-0.39, 0.29) is 30.2 Å². The van der Waals surface area contributed by atoms with Crippen LogP contribution in [-0.2, 0) is 14.4 Å². The maximum absolute atomic E-state index is 12.9. The highest BCUT2D eigenvalue weighted by Crippen LogP contribution is 2.46. The predicted molar refractivity (Wildman–Crippen MR) is 108 cm³/mol. The van der Waals surface area contributed by atoms with Gasteiger partial charge in [0, 0.05) is 31.0 Å². The number of benzene rings is 1. The lowest BCUT2D eigenvalue weighted by atomic mass is 9.94. The van der Waals surface area contributed by atoms with Gasteiger partial charge in [0.05, 0.1) is 6.04 Å². The van der Waals surface area contributed by atoms with E-state index in [9.17, 15) is 14.4 Å². The summed E-state index contributed by atoms with van der Waals surface area (Å²) >= 11 is 0. The number of likely N-dealkylation sites (tertiary alicyclic amines) is 1. The van der Waals surface area contributed by atoms with Crippen LogP contribution in [-0.4, -0.2) is 47.0 Å². The van der Waals surface area contributed by atoms with Gasteiger partial charge in [0.15, 0.2) is 11.5 Å². The fraction of sp³-hybridized carbons (Fsp3) is 0.591. The zero-order chi connectivity index (χ0) is 20.7. The Kier molecular flexibility index (Phi) is 4.89. The van der Waals surface area contributed by atoms with E-state index in [4.69, 9.17) is 9.47 Å². The summed E-state index contributed by atoms with van der Waals surface area (Å²) in [6, 6.07) is 4.18. The highest BCUT2D eigenvalue weighted by Gasteiger charge is 2.44. The quantitative estimate of drug-likeness (QED) is 0.739. The van der Waals surface area contributed by atoms with E-state index in [1.165, 1.54) is 6.42 Å². The molecule has 2 atom stereocenters. The maximum atomic E-state index is 12.9. The zero-order valence-electron chi connectivity index (χ0n) is 16.9. The Hall–Kier alpha value is -2.61. The van der Waals surface area contributed by atoms with Crippen LogP contribution in [0.3, 0.4) is 0 Å². The first-order valence-corrected chi connectivity index (χ1v) is 11.0. The van der Waals surface area contributed by atoms with Crippen LogP contribution in [0.2, 0.25) is 0 Å². The second-order valence-electron chi connectivity index (χ2n) is 8.63. The number of carbonyl (C=O) groups is 3. The number of carbonyl (C=O) groups excluding carboxylic acids is 3. The molecule has 4 aliphatic rings. The summed E-state index contributed by atoms with van der Waals surface area (Å²) in [7, 11) is 0. The molecule has 0 aromatic heterocycles. The molecule has 30 heavy (non-hydrogen) atoms.